The minimum absolute atomic E-state index is 0.590. The monoisotopic (exact) mass is 296 g/mol. The zero-order valence-corrected chi connectivity index (χ0v) is 13.2. The Morgan fingerprint density at radius 1 is 1.40 bits per heavy atom. The van der Waals surface area contributed by atoms with Crippen LogP contribution in [0.25, 0.3) is 0 Å². The van der Waals surface area contributed by atoms with E-state index >= 15 is 0 Å². The maximum atomic E-state index is 5.10. The summed E-state index contributed by atoms with van der Waals surface area (Å²) in [6.07, 6.45) is 4.68. The molecule has 2 aliphatic rings. The molecule has 0 aromatic carbocycles. The molecule has 0 radical (unpaired) electrons. The van der Waals surface area contributed by atoms with Gasteiger partial charge in [-0.1, -0.05) is 6.92 Å². The summed E-state index contributed by atoms with van der Waals surface area (Å²) in [6, 6.07) is 1.32. The van der Waals surface area contributed by atoms with Gasteiger partial charge in [-0.25, -0.2) is 4.98 Å². The molecule has 3 heterocycles. The molecule has 112 valence electrons. The van der Waals surface area contributed by atoms with Crippen LogP contribution in [0.1, 0.15) is 32.0 Å². The van der Waals surface area contributed by atoms with E-state index in [-0.39, 0.29) is 0 Å². The average molecular weight is 296 g/mol. The summed E-state index contributed by atoms with van der Waals surface area (Å²) in [7, 11) is 1.72. The molecule has 2 aliphatic heterocycles. The first-order valence-corrected chi connectivity index (χ1v) is 8.41. The van der Waals surface area contributed by atoms with Gasteiger partial charge in [-0.05, 0) is 25.8 Å². The fraction of sp³-hybridized carbons (Fsp3) is 0.857. The molecule has 2 unspecified atom stereocenters. The van der Waals surface area contributed by atoms with E-state index in [0.29, 0.717) is 12.6 Å². The van der Waals surface area contributed by atoms with Gasteiger partial charge in [0, 0.05) is 50.2 Å². The molecule has 1 aromatic rings. The van der Waals surface area contributed by atoms with Crippen LogP contribution in [0.3, 0.4) is 0 Å². The van der Waals surface area contributed by atoms with Crippen LogP contribution < -0.4 is 4.90 Å². The van der Waals surface area contributed by atoms with Crippen molar-refractivity contribution in [2.45, 2.75) is 44.7 Å². The number of anilines is 1. The van der Waals surface area contributed by atoms with Gasteiger partial charge in [-0.15, -0.1) is 0 Å². The summed E-state index contributed by atoms with van der Waals surface area (Å²) >= 11 is 1.55. The Labute approximate surface area is 125 Å². The Hall–Kier alpha value is -0.720. The van der Waals surface area contributed by atoms with Gasteiger partial charge in [-0.3, -0.25) is 4.90 Å². The second-order valence-electron chi connectivity index (χ2n) is 5.74. The van der Waals surface area contributed by atoms with E-state index < -0.39 is 0 Å². The Morgan fingerprint density at radius 2 is 2.30 bits per heavy atom. The average Bonchev–Trinajstić information content (AvgIpc) is 3.11. The van der Waals surface area contributed by atoms with Crippen LogP contribution in [0.4, 0.5) is 5.13 Å². The lowest BCUT2D eigenvalue weighted by atomic mass is 10.1. The molecular formula is C14H24N4OS. The molecule has 5 nitrogen and oxygen atoms in total. The zero-order chi connectivity index (χ0) is 13.9. The third kappa shape index (κ3) is 2.82. The number of hydrogen-bond acceptors (Lipinski definition) is 6. The normalized spacial score (nSPS) is 27.0. The van der Waals surface area contributed by atoms with Crippen molar-refractivity contribution in [3.63, 3.8) is 0 Å². The van der Waals surface area contributed by atoms with E-state index in [1.807, 2.05) is 0 Å². The first-order chi connectivity index (χ1) is 9.81. The predicted octanol–water partition coefficient (Wildman–Crippen LogP) is 1.79. The van der Waals surface area contributed by atoms with Gasteiger partial charge in [0.15, 0.2) is 0 Å². The number of aromatic nitrogens is 2. The van der Waals surface area contributed by atoms with Crippen LogP contribution >= 0.6 is 11.5 Å². The number of ether oxygens (including phenoxy) is 1. The van der Waals surface area contributed by atoms with Crippen molar-refractivity contribution in [1.82, 2.24) is 14.3 Å². The number of hydrogen-bond donors (Lipinski definition) is 0. The largest absolute Gasteiger partial charge is 0.384 e. The summed E-state index contributed by atoms with van der Waals surface area (Å²) in [6.45, 7) is 6.57. The lowest BCUT2D eigenvalue weighted by molar-refractivity contribution is 0.194. The molecule has 0 saturated carbocycles. The molecule has 2 fully saturated rings. The van der Waals surface area contributed by atoms with Crippen molar-refractivity contribution in [2.75, 3.05) is 38.3 Å². The number of methoxy groups -OCH3 is 1. The fourth-order valence-electron chi connectivity index (χ4n) is 3.33. The van der Waals surface area contributed by atoms with Gasteiger partial charge in [-0.2, -0.15) is 4.37 Å². The maximum Gasteiger partial charge on any atom is 0.205 e. The Morgan fingerprint density at radius 3 is 3.10 bits per heavy atom. The van der Waals surface area contributed by atoms with E-state index in [1.54, 1.807) is 18.6 Å². The smallest absolute Gasteiger partial charge is 0.205 e. The maximum absolute atomic E-state index is 5.10. The lowest BCUT2D eigenvalue weighted by Gasteiger charge is -2.43. The van der Waals surface area contributed by atoms with Gasteiger partial charge in [0.05, 0.1) is 6.61 Å². The first-order valence-electron chi connectivity index (χ1n) is 7.64. The van der Waals surface area contributed by atoms with Crippen LogP contribution in [-0.4, -0.2) is 59.7 Å². The van der Waals surface area contributed by atoms with Gasteiger partial charge in [0.1, 0.15) is 5.82 Å². The van der Waals surface area contributed by atoms with E-state index in [9.17, 15) is 0 Å². The number of piperazine rings is 1. The molecule has 0 N–H and O–H groups in total. The molecule has 0 amide bonds. The SMILES string of the molecule is CCC1CN2CCCC2CN1c1nc(CCOC)ns1. The fourth-order valence-corrected chi connectivity index (χ4v) is 4.12. The van der Waals surface area contributed by atoms with Gasteiger partial charge >= 0.3 is 0 Å². The molecule has 0 spiro atoms. The van der Waals surface area contributed by atoms with E-state index in [2.05, 4.69) is 21.1 Å². The zero-order valence-electron chi connectivity index (χ0n) is 12.4. The topological polar surface area (TPSA) is 41.5 Å². The van der Waals surface area contributed by atoms with Crippen molar-refractivity contribution in [3.05, 3.63) is 5.82 Å². The standard InChI is InChI=1S/C14H24N4OS/c1-3-11-9-17-7-4-5-12(17)10-18(11)14-15-13(16-20-14)6-8-19-2/h11-12H,3-10H2,1-2H3. The van der Waals surface area contributed by atoms with E-state index in [4.69, 9.17) is 9.72 Å². The van der Waals surface area contributed by atoms with Crippen LogP contribution in [-0.2, 0) is 11.2 Å². The van der Waals surface area contributed by atoms with Crippen molar-refractivity contribution in [3.8, 4) is 0 Å². The highest BCUT2D eigenvalue weighted by molar-refractivity contribution is 7.09. The molecule has 2 atom stereocenters. The highest BCUT2D eigenvalue weighted by Crippen LogP contribution is 2.30. The third-order valence-electron chi connectivity index (χ3n) is 4.50. The minimum atomic E-state index is 0.590. The summed E-state index contributed by atoms with van der Waals surface area (Å²) in [5.41, 5.74) is 0. The molecule has 3 rings (SSSR count). The lowest BCUT2D eigenvalue weighted by Crippen LogP contribution is -2.56. The first kappa shape index (κ1) is 14.2. The van der Waals surface area contributed by atoms with Gasteiger partial charge in [0.2, 0.25) is 5.13 Å². The second-order valence-corrected chi connectivity index (χ2v) is 6.47. The summed E-state index contributed by atoms with van der Waals surface area (Å²) in [4.78, 5) is 9.88. The molecule has 1 aromatic heterocycles. The molecule has 0 aliphatic carbocycles. The second kappa shape index (κ2) is 6.37. The molecule has 0 bridgehead atoms. The molecule has 20 heavy (non-hydrogen) atoms. The Balaban J connectivity index is 1.71. The minimum Gasteiger partial charge on any atom is -0.384 e. The van der Waals surface area contributed by atoms with Crippen LogP contribution in [0.15, 0.2) is 0 Å². The number of fused-ring (bicyclic) bond motifs is 1. The van der Waals surface area contributed by atoms with Crippen LogP contribution in [0.5, 0.6) is 0 Å². The molecule has 2 saturated heterocycles. The van der Waals surface area contributed by atoms with Crippen molar-refractivity contribution in [2.24, 2.45) is 0 Å². The van der Waals surface area contributed by atoms with Crippen molar-refractivity contribution < 1.29 is 4.74 Å². The number of nitrogens with zero attached hydrogens (tertiary/aromatic N) is 4. The van der Waals surface area contributed by atoms with Crippen LogP contribution in [0, 0.1) is 0 Å². The Bertz CT molecular complexity index is 439. The predicted molar refractivity (Wildman–Crippen MR) is 81.5 cm³/mol. The van der Waals surface area contributed by atoms with Crippen molar-refractivity contribution in [1.29, 1.82) is 0 Å². The third-order valence-corrected chi connectivity index (χ3v) is 5.29. The summed E-state index contributed by atoms with van der Waals surface area (Å²) in [5.74, 6) is 0.926. The summed E-state index contributed by atoms with van der Waals surface area (Å²) < 4.78 is 9.58. The van der Waals surface area contributed by atoms with E-state index in [1.165, 1.54) is 32.4 Å². The Kier molecular flexibility index (Phi) is 4.53. The quantitative estimate of drug-likeness (QED) is 0.828. The molecule has 6 heteroatoms. The van der Waals surface area contributed by atoms with Gasteiger partial charge < -0.3 is 9.64 Å². The van der Waals surface area contributed by atoms with Crippen LogP contribution in [0.2, 0.25) is 0 Å². The molecular weight excluding hydrogens is 272 g/mol. The highest BCUT2D eigenvalue weighted by atomic mass is 32.1. The van der Waals surface area contributed by atoms with Crippen molar-refractivity contribution >= 4 is 16.7 Å². The number of rotatable bonds is 5. The van der Waals surface area contributed by atoms with E-state index in [0.717, 1.165) is 30.0 Å². The highest BCUT2D eigenvalue weighted by Gasteiger charge is 2.36. The van der Waals surface area contributed by atoms with Gasteiger partial charge in [0.25, 0.3) is 0 Å². The summed E-state index contributed by atoms with van der Waals surface area (Å²) in [5, 5.41) is 1.11.